The number of anilines is 1. The van der Waals surface area contributed by atoms with Crippen molar-refractivity contribution in [3.63, 3.8) is 0 Å². The van der Waals surface area contributed by atoms with Crippen molar-refractivity contribution in [3.05, 3.63) is 16.6 Å². The van der Waals surface area contributed by atoms with E-state index in [1.807, 2.05) is 12.1 Å². The van der Waals surface area contributed by atoms with Gasteiger partial charge < -0.3 is 19.5 Å². The summed E-state index contributed by atoms with van der Waals surface area (Å²) in [5.74, 6) is 1.61. The molecule has 18 heavy (non-hydrogen) atoms. The lowest BCUT2D eigenvalue weighted by Crippen LogP contribution is -2.19. The summed E-state index contributed by atoms with van der Waals surface area (Å²) in [5.41, 5.74) is 1.02. The summed E-state index contributed by atoms with van der Waals surface area (Å²) in [6.07, 6.45) is 2.62. The van der Waals surface area contributed by atoms with Gasteiger partial charge in [0.05, 0.1) is 11.8 Å². The zero-order chi connectivity index (χ0) is 12.4. The normalized spacial score (nSPS) is 21.9. The first-order valence-corrected chi connectivity index (χ1v) is 7.07. The minimum Gasteiger partial charge on any atom is -0.486 e. The van der Waals surface area contributed by atoms with Crippen molar-refractivity contribution in [1.29, 1.82) is 0 Å². The molecule has 1 aromatic carbocycles. The van der Waals surface area contributed by atoms with E-state index in [0.717, 1.165) is 47.7 Å². The van der Waals surface area contributed by atoms with Gasteiger partial charge in [0.1, 0.15) is 13.2 Å². The van der Waals surface area contributed by atoms with Crippen LogP contribution in [-0.2, 0) is 4.74 Å². The molecule has 0 bridgehead atoms. The fraction of sp³-hybridized carbons (Fsp3) is 0.538. The topological polar surface area (TPSA) is 39.7 Å². The summed E-state index contributed by atoms with van der Waals surface area (Å²) in [5, 5.41) is 3.40. The van der Waals surface area contributed by atoms with E-state index < -0.39 is 0 Å². The Labute approximate surface area is 115 Å². The Bertz CT molecular complexity index is 432. The monoisotopic (exact) mass is 313 g/mol. The molecule has 1 aromatic rings. The van der Waals surface area contributed by atoms with Gasteiger partial charge in [-0.05, 0) is 28.8 Å². The van der Waals surface area contributed by atoms with Crippen LogP contribution in [0, 0.1) is 0 Å². The van der Waals surface area contributed by atoms with Crippen LogP contribution in [0.1, 0.15) is 12.8 Å². The maximum atomic E-state index is 5.59. The van der Waals surface area contributed by atoms with Crippen LogP contribution in [0.5, 0.6) is 11.5 Å². The van der Waals surface area contributed by atoms with Crippen molar-refractivity contribution in [2.45, 2.75) is 18.9 Å². The highest BCUT2D eigenvalue weighted by Crippen LogP contribution is 2.38. The molecule has 98 valence electrons. The van der Waals surface area contributed by atoms with E-state index in [1.165, 1.54) is 0 Å². The second kappa shape index (κ2) is 5.36. The Morgan fingerprint density at radius 3 is 2.67 bits per heavy atom. The van der Waals surface area contributed by atoms with Crippen molar-refractivity contribution in [2.24, 2.45) is 0 Å². The minimum atomic E-state index is 0.324. The van der Waals surface area contributed by atoms with Crippen molar-refractivity contribution in [2.75, 3.05) is 31.7 Å². The number of halogens is 1. The number of benzene rings is 1. The fourth-order valence-electron chi connectivity index (χ4n) is 2.23. The average Bonchev–Trinajstić information content (AvgIpc) is 2.89. The maximum Gasteiger partial charge on any atom is 0.163 e. The lowest BCUT2D eigenvalue weighted by Gasteiger charge is -2.21. The van der Waals surface area contributed by atoms with Gasteiger partial charge in [-0.3, -0.25) is 0 Å². The second-order valence-corrected chi connectivity index (χ2v) is 5.35. The predicted octanol–water partition coefficient (Wildman–Crippen LogP) is 2.81. The molecule has 2 heterocycles. The van der Waals surface area contributed by atoms with Crippen LogP contribution in [0.4, 0.5) is 5.69 Å². The highest BCUT2D eigenvalue weighted by molar-refractivity contribution is 9.10. The summed E-state index contributed by atoms with van der Waals surface area (Å²) < 4.78 is 17.7. The van der Waals surface area contributed by atoms with Gasteiger partial charge in [-0.2, -0.15) is 0 Å². The molecule has 1 unspecified atom stereocenters. The van der Waals surface area contributed by atoms with Crippen LogP contribution in [0.25, 0.3) is 0 Å². The standard InChI is InChI=1S/C13H16BrNO3/c14-10-6-12-13(18-5-4-17-12)7-11(10)15-8-9-2-1-3-16-9/h6-7,9,15H,1-5,8H2. The molecule has 0 aromatic heterocycles. The summed E-state index contributed by atoms with van der Waals surface area (Å²) in [7, 11) is 0. The Morgan fingerprint density at radius 2 is 1.94 bits per heavy atom. The number of ether oxygens (including phenoxy) is 3. The summed E-state index contributed by atoms with van der Waals surface area (Å²) in [4.78, 5) is 0. The molecule has 2 aliphatic rings. The lowest BCUT2D eigenvalue weighted by molar-refractivity contribution is 0.120. The average molecular weight is 314 g/mol. The molecule has 1 saturated heterocycles. The number of hydrogen-bond acceptors (Lipinski definition) is 4. The van der Waals surface area contributed by atoms with Crippen LogP contribution in [0.3, 0.4) is 0 Å². The van der Waals surface area contributed by atoms with Crippen molar-refractivity contribution in [3.8, 4) is 11.5 Å². The second-order valence-electron chi connectivity index (χ2n) is 4.49. The third kappa shape index (κ3) is 2.57. The molecule has 0 saturated carbocycles. The summed E-state index contributed by atoms with van der Waals surface area (Å²) in [6, 6.07) is 3.93. The van der Waals surface area contributed by atoms with E-state index in [2.05, 4.69) is 21.2 Å². The predicted molar refractivity (Wildman–Crippen MR) is 72.6 cm³/mol. The number of fused-ring (bicyclic) bond motifs is 1. The third-order valence-corrected chi connectivity index (χ3v) is 3.83. The Balaban J connectivity index is 1.70. The molecule has 0 amide bonds. The summed E-state index contributed by atoms with van der Waals surface area (Å²) >= 11 is 3.55. The van der Waals surface area contributed by atoms with Gasteiger partial charge in [0.25, 0.3) is 0 Å². The van der Waals surface area contributed by atoms with Crippen LogP contribution in [-0.4, -0.2) is 32.5 Å². The first kappa shape index (κ1) is 12.1. The molecule has 0 spiro atoms. The Hall–Kier alpha value is -0.940. The third-order valence-electron chi connectivity index (χ3n) is 3.18. The zero-order valence-corrected chi connectivity index (χ0v) is 11.7. The van der Waals surface area contributed by atoms with Gasteiger partial charge >= 0.3 is 0 Å². The molecular formula is C13H16BrNO3. The Kier molecular flexibility index (Phi) is 3.61. The molecule has 1 atom stereocenters. The maximum absolute atomic E-state index is 5.59. The highest BCUT2D eigenvalue weighted by atomic mass is 79.9. The molecule has 3 rings (SSSR count). The van der Waals surface area contributed by atoms with Crippen molar-refractivity contribution < 1.29 is 14.2 Å². The first-order chi connectivity index (χ1) is 8.83. The van der Waals surface area contributed by atoms with E-state index in [9.17, 15) is 0 Å². The molecular weight excluding hydrogens is 298 g/mol. The minimum absolute atomic E-state index is 0.324. The van der Waals surface area contributed by atoms with E-state index in [4.69, 9.17) is 14.2 Å². The molecule has 0 aliphatic carbocycles. The van der Waals surface area contributed by atoms with E-state index >= 15 is 0 Å². The SMILES string of the molecule is Brc1cc2c(cc1NCC1CCCO1)OCCO2. The van der Waals surface area contributed by atoms with Gasteiger partial charge in [0, 0.05) is 29.8 Å². The quantitative estimate of drug-likeness (QED) is 0.931. The van der Waals surface area contributed by atoms with Gasteiger partial charge in [-0.1, -0.05) is 0 Å². The molecule has 5 heteroatoms. The number of nitrogens with one attached hydrogen (secondary N) is 1. The van der Waals surface area contributed by atoms with Crippen LogP contribution in [0.15, 0.2) is 16.6 Å². The number of hydrogen-bond donors (Lipinski definition) is 1. The van der Waals surface area contributed by atoms with Gasteiger partial charge in [-0.25, -0.2) is 0 Å². The smallest absolute Gasteiger partial charge is 0.163 e. The highest BCUT2D eigenvalue weighted by Gasteiger charge is 2.18. The fourth-order valence-corrected chi connectivity index (χ4v) is 2.69. The number of rotatable bonds is 3. The molecule has 4 nitrogen and oxygen atoms in total. The van der Waals surface area contributed by atoms with E-state index in [0.29, 0.717) is 19.3 Å². The Morgan fingerprint density at radius 1 is 1.17 bits per heavy atom. The first-order valence-electron chi connectivity index (χ1n) is 6.27. The van der Waals surface area contributed by atoms with E-state index in [1.54, 1.807) is 0 Å². The van der Waals surface area contributed by atoms with Gasteiger partial charge in [0.15, 0.2) is 11.5 Å². The van der Waals surface area contributed by atoms with Gasteiger partial charge in [-0.15, -0.1) is 0 Å². The van der Waals surface area contributed by atoms with Crippen molar-refractivity contribution >= 4 is 21.6 Å². The van der Waals surface area contributed by atoms with Crippen LogP contribution in [0.2, 0.25) is 0 Å². The van der Waals surface area contributed by atoms with Crippen LogP contribution >= 0.6 is 15.9 Å². The zero-order valence-electron chi connectivity index (χ0n) is 10.1. The summed E-state index contributed by atoms with van der Waals surface area (Å²) in [6.45, 7) is 2.94. The molecule has 0 radical (unpaired) electrons. The van der Waals surface area contributed by atoms with Crippen LogP contribution < -0.4 is 14.8 Å². The molecule has 1 fully saturated rings. The molecule has 1 N–H and O–H groups in total. The lowest BCUT2D eigenvalue weighted by atomic mass is 10.2. The van der Waals surface area contributed by atoms with Crippen molar-refractivity contribution in [1.82, 2.24) is 0 Å². The van der Waals surface area contributed by atoms with Gasteiger partial charge in [0.2, 0.25) is 0 Å². The van der Waals surface area contributed by atoms with E-state index in [-0.39, 0.29) is 0 Å². The molecule has 2 aliphatic heterocycles. The largest absolute Gasteiger partial charge is 0.486 e.